The molecule has 0 saturated carbocycles. The van der Waals surface area contributed by atoms with E-state index in [1.54, 1.807) is 24.3 Å². The molecule has 0 atom stereocenters. The lowest BCUT2D eigenvalue weighted by molar-refractivity contribution is 0.0884. The fourth-order valence-electron chi connectivity index (χ4n) is 1.80. The highest BCUT2D eigenvalue weighted by atomic mass is 35.5. The molecule has 0 saturated heterocycles. The summed E-state index contributed by atoms with van der Waals surface area (Å²) in [5, 5.41) is 3.37. The summed E-state index contributed by atoms with van der Waals surface area (Å²) in [7, 11) is 0. The van der Waals surface area contributed by atoms with Crippen LogP contribution < -0.4 is 5.32 Å². The first-order valence-electron chi connectivity index (χ1n) is 7.01. The Bertz CT molecular complexity index is 409. The Balaban J connectivity index is 2.14. The molecule has 0 aliphatic carbocycles. The molecule has 1 rings (SSSR count). The zero-order valence-corrected chi connectivity index (χ0v) is 12.9. The SMILES string of the molecule is CCN(CC)CCOCCNC(=O)c1cccc(Cl)c1. The molecular weight excluding hydrogens is 276 g/mol. The fourth-order valence-corrected chi connectivity index (χ4v) is 1.99. The van der Waals surface area contributed by atoms with Gasteiger partial charge in [0.05, 0.1) is 13.2 Å². The molecule has 0 bridgehead atoms. The van der Waals surface area contributed by atoms with Crippen molar-refractivity contribution in [2.24, 2.45) is 0 Å². The van der Waals surface area contributed by atoms with Crippen LogP contribution in [0.5, 0.6) is 0 Å². The summed E-state index contributed by atoms with van der Waals surface area (Å²) in [5.74, 6) is -0.125. The molecule has 0 spiro atoms. The summed E-state index contributed by atoms with van der Waals surface area (Å²) in [6, 6.07) is 6.90. The van der Waals surface area contributed by atoms with Gasteiger partial charge in [0, 0.05) is 23.7 Å². The van der Waals surface area contributed by atoms with Crippen LogP contribution in [0.1, 0.15) is 24.2 Å². The average molecular weight is 299 g/mol. The number of rotatable bonds is 9. The summed E-state index contributed by atoms with van der Waals surface area (Å²) < 4.78 is 5.50. The molecule has 0 fully saturated rings. The number of hydrogen-bond donors (Lipinski definition) is 1. The third kappa shape index (κ3) is 6.37. The molecule has 0 aromatic heterocycles. The highest BCUT2D eigenvalue weighted by molar-refractivity contribution is 6.30. The number of halogens is 1. The Morgan fingerprint density at radius 2 is 2.05 bits per heavy atom. The van der Waals surface area contributed by atoms with E-state index >= 15 is 0 Å². The minimum atomic E-state index is -0.125. The van der Waals surface area contributed by atoms with Gasteiger partial charge in [-0.25, -0.2) is 0 Å². The Morgan fingerprint density at radius 3 is 2.70 bits per heavy atom. The van der Waals surface area contributed by atoms with E-state index < -0.39 is 0 Å². The molecule has 0 heterocycles. The number of benzene rings is 1. The second kappa shape index (κ2) is 9.75. The van der Waals surface area contributed by atoms with E-state index in [2.05, 4.69) is 24.1 Å². The first-order valence-corrected chi connectivity index (χ1v) is 7.39. The van der Waals surface area contributed by atoms with E-state index in [1.165, 1.54) is 0 Å². The van der Waals surface area contributed by atoms with Crippen molar-refractivity contribution in [3.05, 3.63) is 34.9 Å². The lowest BCUT2D eigenvalue weighted by Gasteiger charge is -2.17. The number of nitrogens with zero attached hydrogens (tertiary/aromatic N) is 1. The Morgan fingerprint density at radius 1 is 1.30 bits per heavy atom. The van der Waals surface area contributed by atoms with Gasteiger partial charge < -0.3 is 15.0 Å². The largest absolute Gasteiger partial charge is 0.378 e. The Kier molecular flexibility index (Phi) is 8.26. The summed E-state index contributed by atoms with van der Waals surface area (Å²) in [6.07, 6.45) is 0. The minimum absolute atomic E-state index is 0.125. The van der Waals surface area contributed by atoms with Crippen molar-refractivity contribution < 1.29 is 9.53 Å². The predicted molar refractivity (Wildman–Crippen MR) is 82.4 cm³/mol. The standard InChI is InChI=1S/C15H23ClN2O2/c1-3-18(4-2)9-11-20-10-8-17-15(19)13-6-5-7-14(16)12-13/h5-7,12H,3-4,8-11H2,1-2H3,(H,17,19). The average Bonchev–Trinajstić information content (AvgIpc) is 2.46. The molecule has 5 heteroatoms. The van der Waals surface area contributed by atoms with Crippen molar-refractivity contribution in [2.75, 3.05) is 39.4 Å². The summed E-state index contributed by atoms with van der Waals surface area (Å²) in [6.45, 7) is 8.97. The van der Waals surface area contributed by atoms with Gasteiger partial charge in [-0.3, -0.25) is 4.79 Å². The van der Waals surface area contributed by atoms with Gasteiger partial charge in [0.15, 0.2) is 0 Å². The molecule has 0 aliphatic rings. The molecule has 112 valence electrons. The number of hydrogen-bond acceptors (Lipinski definition) is 3. The van der Waals surface area contributed by atoms with Crippen molar-refractivity contribution in [3.63, 3.8) is 0 Å². The van der Waals surface area contributed by atoms with Gasteiger partial charge in [-0.05, 0) is 31.3 Å². The Labute approximate surface area is 126 Å². The van der Waals surface area contributed by atoms with Crippen LogP contribution in [0.25, 0.3) is 0 Å². The first-order chi connectivity index (χ1) is 9.67. The third-order valence-corrected chi connectivity index (χ3v) is 3.30. The van der Waals surface area contributed by atoms with Crippen molar-refractivity contribution in [2.45, 2.75) is 13.8 Å². The summed E-state index contributed by atoms with van der Waals surface area (Å²) in [5.41, 5.74) is 0.570. The van der Waals surface area contributed by atoms with Crippen LogP contribution in [0.4, 0.5) is 0 Å². The van der Waals surface area contributed by atoms with Crippen LogP contribution in [0.15, 0.2) is 24.3 Å². The van der Waals surface area contributed by atoms with Crippen LogP contribution in [0.3, 0.4) is 0 Å². The maximum Gasteiger partial charge on any atom is 0.251 e. The number of likely N-dealkylation sites (N-methyl/N-ethyl adjacent to an activating group) is 1. The topological polar surface area (TPSA) is 41.6 Å². The van der Waals surface area contributed by atoms with Gasteiger partial charge in [-0.2, -0.15) is 0 Å². The van der Waals surface area contributed by atoms with Crippen molar-refractivity contribution >= 4 is 17.5 Å². The van der Waals surface area contributed by atoms with Crippen molar-refractivity contribution in [1.29, 1.82) is 0 Å². The molecule has 4 nitrogen and oxygen atoms in total. The van der Waals surface area contributed by atoms with Gasteiger partial charge in [-0.1, -0.05) is 31.5 Å². The van der Waals surface area contributed by atoms with Crippen LogP contribution in [0.2, 0.25) is 5.02 Å². The molecule has 0 radical (unpaired) electrons. The maximum absolute atomic E-state index is 11.8. The van der Waals surface area contributed by atoms with E-state index in [0.29, 0.717) is 30.3 Å². The predicted octanol–water partition coefficient (Wildman–Crippen LogP) is 2.43. The quantitative estimate of drug-likeness (QED) is 0.712. The number of nitrogens with one attached hydrogen (secondary N) is 1. The second-order valence-electron chi connectivity index (χ2n) is 4.41. The molecule has 0 unspecified atom stereocenters. The molecular formula is C15H23ClN2O2. The minimum Gasteiger partial charge on any atom is -0.378 e. The lowest BCUT2D eigenvalue weighted by Crippen LogP contribution is -2.30. The smallest absolute Gasteiger partial charge is 0.251 e. The molecule has 1 N–H and O–H groups in total. The number of ether oxygens (including phenoxy) is 1. The monoisotopic (exact) mass is 298 g/mol. The highest BCUT2D eigenvalue weighted by Gasteiger charge is 2.04. The van der Waals surface area contributed by atoms with Gasteiger partial charge in [-0.15, -0.1) is 0 Å². The molecule has 20 heavy (non-hydrogen) atoms. The maximum atomic E-state index is 11.8. The summed E-state index contributed by atoms with van der Waals surface area (Å²) >= 11 is 5.84. The van der Waals surface area contributed by atoms with E-state index in [-0.39, 0.29) is 5.91 Å². The lowest BCUT2D eigenvalue weighted by atomic mass is 10.2. The molecule has 1 aromatic carbocycles. The molecule has 1 aromatic rings. The first kappa shape index (κ1) is 17.0. The van der Waals surface area contributed by atoms with Gasteiger partial charge in [0.2, 0.25) is 0 Å². The summed E-state index contributed by atoms with van der Waals surface area (Å²) in [4.78, 5) is 14.1. The highest BCUT2D eigenvalue weighted by Crippen LogP contribution is 2.10. The van der Waals surface area contributed by atoms with E-state index in [0.717, 1.165) is 19.6 Å². The van der Waals surface area contributed by atoms with Crippen LogP contribution in [-0.2, 0) is 4.74 Å². The van der Waals surface area contributed by atoms with Gasteiger partial charge >= 0.3 is 0 Å². The third-order valence-electron chi connectivity index (χ3n) is 3.07. The van der Waals surface area contributed by atoms with Crippen LogP contribution in [0, 0.1) is 0 Å². The fraction of sp³-hybridized carbons (Fsp3) is 0.533. The Hall–Kier alpha value is -1.10. The van der Waals surface area contributed by atoms with E-state index in [9.17, 15) is 4.79 Å². The number of carbonyl (C=O) groups is 1. The zero-order chi connectivity index (χ0) is 14.8. The van der Waals surface area contributed by atoms with Crippen LogP contribution in [-0.4, -0.2) is 50.2 Å². The van der Waals surface area contributed by atoms with Crippen molar-refractivity contribution in [1.82, 2.24) is 10.2 Å². The normalized spacial score (nSPS) is 10.8. The molecule has 0 aliphatic heterocycles. The van der Waals surface area contributed by atoms with Gasteiger partial charge in [0.25, 0.3) is 5.91 Å². The van der Waals surface area contributed by atoms with Crippen LogP contribution >= 0.6 is 11.6 Å². The van der Waals surface area contributed by atoms with Crippen molar-refractivity contribution in [3.8, 4) is 0 Å². The van der Waals surface area contributed by atoms with Gasteiger partial charge in [0.1, 0.15) is 0 Å². The molecule has 1 amide bonds. The number of carbonyl (C=O) groups excluding carboxylic acids is 1. The second-order valence-corrected chi connectivity index (χ2v) is 4.84. The number of amides is 1. The van der Waals surface area contributed by atoms with E-state index in [4.69, 9.17) is 16.3 Å². The van der Waals surface area contributed by atoms with E-state index in [1.807, 2.05) is 0 Å². The zero-order valence-electron chi connectivity index (χ0n) is 12.2.